The molecule has 0 radical (unpaired) electrons. The van der Waals surface area contributed by atoms with Gasteiger partial charge in [-0.15, -0.1) is 0 Å². The van der Waals surface area contributed by atoms with E-state index in [1.807, 2.05) is 11.5 Å². The Hall–Kier alpha value is -1.85. The predicted octanol–water partition coefficient (Wildman–Crippen LogP) is 3.68. The van der Waals surface area contributed by atoms with Crippen molar-refractivity contribution in [3.8, 4) is 5.69 Å². The minimum Gasteiger partial charge on any atom is -0.324 e. The van der Waals surface area contributed by atoms with Gasteiger partial charge in [0, 0.05) is 29.6 Å². The van der Waals surface area contributed by atoms with Crippen molar-refractivity contribution in [2.45, 2.75) is 32.2 Å². The van der Waals surface area contributed by atoms with Crippen molar-refractivity contribution < 1.29 is 4.92 Å². The Labute approximate surface area is 127 Å². The van der Waals surface area contributed by atoms with Crippen LogP contribution in [0.15, 0.2) is 24.3 Å². The minimum atomic E-state index is -0.406. The fourth-order valence-corrected chi connectivity index (χ4v) is 3.26. The second-order valence-electron chi connectivity index (χ2n) is 5.41. The van der Waals surface area contributed by atoms with Crippen molar-refractivity contribution in [3.05, 3.63) is 56.4 Å². The van der Waals surface area contributed by atoms with Crippen LogP contribution in [0.2, 0.25) is 5.02 Å². The summed E-state index contributed by atoms with van der Waals surface area (Å²) in [5.74, 6) is 0. The number of rotatable bonds is 2. The third-order valence-electron chi connectivity index (χ3n) is 4.03. The van der Waals surface area contributed by atoms with Crippen molar-refractivity contribution in [1.29, 1.82) is 0 Å². The molecule has 2 aromatic rings. The molecule has 0 amide bonds. The molecule has 0 bridgehead atoms. The fraction of sp³-hybridized carbons (Fsp3) is 0.333. The first-order valence-electron chi connectivity index (χ1n) is 6.90. The van der Waals surface area contributed by atoms with Crippen molar-refractivity contribution in [2.75, 3.05) is 0 Å². The molecule has 1 aromatic heterocycles. The Kier molecular flexibility index (Phi) is 3.47. The van der Waals surface area contributed by atoms with Crippen LogP contribution in [-0.4, -0.2) is 9.49 Å². The van der Waals surface area contributed by atoms with E-state index < -0.39 is 4.92 Å². The SMILES string of the molecule is Cc1cc2c(n1-c1cc([N+](=O)[O-])ccc1Cl)CCCC2N. The molecule has 0 aliphatic heterocycles. The second kappa shape index (κ2) is 5.16. The van der Waals surface area contributed by atoms with Crippen LogP contribution in [0, 0.1) is 17.0 Å². The third kappa shape index (κ3) is 2.32. The summed E-state index contributed by atoms with van der Waals surface area (Å²) >= 11 is 6.27. The number of aryl methyl sites for hydroxylation is 1. The summed E-state index contributed by atoms with van der Waals surface area (Å²) in [6.07, 6.45) is 2.90. The highest BCUT2D eigenvalue weighted by atomic mass is 35.5. The van der Waals surface area contributed by atoms with Gasteiger partial charge in [-0.1, -0.05) is 11.6 Å². The Balaban J connectivity index is 2.21. The van der Waals surface area contributed by atoms with Gasteiger partial charge < -0.3 is 10.3 Å². The van der Waals surface area contributed by atoms with E-state index in [4.69, 9.17) is 17.3 Å². The van der Waals surface area contributed by atoms with Crippen LogP contribution in [0.5, 0.6) is 0 Å². The van der Waals surface area contributed by atoms with Crippen molar-refractivity contribution >= 4 is 17.3 Å². The van der Waals surface area contributed by atoms with Gasteiger partial charge in [0.15, 0.2) is 0 Å². The van der Waals surface area contributed by atoms with E-state index in [0.29, 0.717) is 10.7 Å². The summed E-state index contributed by atoms with van der Waals surface area (Å²) in [6.45, 7) is 1.97. The standard InChI is InChI=1S/C15H16ClN3O2/c1-9-7-11-13(17)3-2-4-14(11)18(9)15-8-10(19(20)21)5-6-12(15)16/h5-8,13H,2-4,17H2,1H3. The molecule has 1 atom stereocenters. The molecule has 1 unspecified atom stereocenters. The topological polar surface area (TPSA) is 74.1 Å². The Morgan fingerprint density at radius 2 is 2.19 bits per heavy atom. The molecule has 5 nitrogen and oxygen atoms in total. The maximum absolute atomic E-state index is 11.0. The van der Waals surface area contributed by atoms with Gasteiger partial charge in [0.25, 0.3) is 5.69 Å². The molecule has 0 fully saturated rings. The van der Waals surface area contributed by atoms with Crippen molar-refractivity contribution in [3.63, 3.8) is 0 Å². The number of fused-ring (bicyclic) bond motifs is 1. The lowest BCUT2D eigenvalue weighted by Crippen LogP contribution is -2.18. The summed E-state index contributed by atoms with van der Waals surface area (Å²) in [7, 11) is 0. The first-order chi connectivity index (χ1) is 9.99. The Bertz CT molecular complexity index is 724. The molecule has 0 spiro atoms. The van der Waals surface area contributed by atoms with Gasteiger partial charge in [-0.05, 0) is 43.9 Å². The second-order valence-corrected chi connectivity index (χ2v) is 5.82. The first-order valence-corrected chi connectivity index (χ1v) is 7.28. The van der Waals surface area contributed by atoms with Crippen LogP contribution in [0.4, 0.5) is 5.69 Å². The number of nitro benzene ring substituents is 1. The number of hydrogen-bond donors (Lipinski definition) is 1. The summed E-state index contributed by atoms with van der Waals surface area (Å²) in [5.41, 5.74) is 10.1. The largest absolute Gasteiger partial charge is 0.324 e. The van der Waals surface area contributed by atoms with Gasteiger partial charge in [-0.3, -0.25) is 10.1 Å². The van der Waals surface area contributed by atoms with E-state index in [9.17, 15) is 10.1 Å². The maximum Gasteiger partial charge on any atom is 0.271 e. The predicted molar refractivity (Wildman–Crippen MR) is 82.0 cm³/mol. The first kappa shape index (κ1) is 14.1. The zero-order valence-corrected chi connectivity index (χ0v) is 12.4. The minimum absolute atomic E-state index is 0.0335. The monoisotopic (exact) mass is 305 g/mol. The number of benzene rings is 1. The molecule has 0 saturated carbocycles. The Morgan fingerprint density at radius 1 is 1.43 bits per heavy atom. The fourth-order valence-electron chi connectivity index (χ4n) is 3.06. The van der Waals surface area contributed by atoms with Gasteiger partial charge in [-0.25, -0.2) is 0 Å². The van der Waals surface area contributed by atoms with Gasteiger partial charge >= 0.3 is 0 Å². The van der Waals surface area contributed by atoms with Gasteiger partial charge in [0.2, 0.25) is 0 Å². The Morgan fingerprint density at radius 3 is 2.90 bits per heavy atom. The van der Waals surface area contributed by atoms with Crippen LogP contribution < -0.4 is 5.73 Å². The molecule has 1 aliphatic rings. The molecule has 1 aromatic carbocycles. The molecule has 0 saturated heterocycles. The third-order valence-corrected chi connectivity index (χ3v) is 4.35. The normalized spacial score (nSPS) is 17.6. The molecule has 3 rings (SSSR count). The molecule has 110 valence electrons. The van der Waals surface area contributed by atoms with Crippen LogP contribution in [0.25, 0.3) is 5.69 Å². The summed E-state index contributed by atoms with van der Waals surface area (Å²) in [4.78, 5) is 10.6. The highest BCUT2D eigenvalue weighted by Crippen LogP contribution is 2.35. The van der Waals surface area contributed by atoms with Crippen LogP contribution in [0.3, 0.4) is 0 Å². The zero-order chi connectivity index (χ0) is 15.1. The van der Waals surface area contributed by atoms with Gasteiger partial charge in [0.05, 0.1) is 15.6 Å². The number of hydrogen-bond acceptors (Lipinski definition) is 3. The molecule has 2 N–H and O–H groups in total. The number of non-ortho nitro benzene ring substituents is 1. The van der Waals surface area contributed by atoms with Crippen molar-refractivity contribution in [1.82, 2.24) is 4.57 Å². The number of aromatic nitrogens is 1. The summed E-state index contributed by atoms with van der Waals surface area (Å²) in [6, 6.07) is 6.61. The number of nitro groups is 1. The molecule has 1 heterocycles. The smallest absolute Gasteiger partial charge is 0.271 e. The molecule has 21 heavy (non-hydrogen) atoms. The van der Waals surface area contributed by atoms with Gasteiger partial charge in [0.1, 0.15) is 0 Å². The van der Waals surface area contributed by atoms with E-state index in [2.05, 4.69) is 6.07 Å². The van der Waals surface area contributed by atoms with Crippen molar-refractivity contribution in [2.24, 2.45) is 5.73 Å². The van der Waals surface area contributed by atoms with Crippen LogP contribution >= 0.6 is 11.6 Å². The van der Waals surface area contributed by atoms with E-state index in [-0.39, 0.29) is 11.7 Å². The van der Waals surface area contributed by atoms with Gasteiger partial charge in [-0.2, -0.15) is 0 Å². The van der Waals surface area contributed by atoms with E-state index in [0.717, 1.165) is 36.2 Å². The van der Waals surface area contributed by atoms with Crippen LogP contribution in [-0.2, 0) is 6.42 Å². The van der Waals surface area contributed by atoms with E-state index in [1.54, 1.807) is 6.07 Å². The lowest BCUT2D eigenvalue weighted by molar-refractivity contribution is -0.384. The average Bonchev–Trinajstić information content (AvgIpc) is 2.77. The maximum atomic E-state index is 11.0. The molecule has 6 heteroatoms. The number of nitrogens with two attached hydrogens (primary N) is 1. The highest BCUT2D eigenvalue weighted by molar-refractivity contribution is 6.32. The zero-order valence-electron chi connectivity index (χ0n) is 11.7. The lowest BCUT2D eigenvalue weighted by Gasteiger charge is -2.21. The summed E-state index contributed by atoms with van der Waals surface area (Å²) in [5, 5.41) is 11.5. The lowest BCUT2D eigenvalue weighted by atomic mass is 9.93. The number of halogens is 1. The molecule has 1 aliphatic carbocycles. The van der Waals surface area contributed by atoms with Crippen LogP contribution in [0.1, 0.15) is 35.8 Å². The van der Waals surface area contributed by atoms with E-state index in [1.165, 1.54) is 12.1 Å². The highest BCUT2D eigenvalue weighted by Gasteiger charge is 2.24. The number of nitrogens with zero attached hydrogens (tertiary/aromatic N) is 2. The van der Waals surface area contributed by atoms with E-state index >= 15 is 0 Å². The quantitative estimate of drug-likeness (QED) is 0.679. The molecular weight excluding hydrogens is 290 g/mol. The summed E-state index contributed by atoms with van der Waals surface area (Å²) < 4.78 is 2.00. The molecular formula is C15H16ClN3O2. The average molecular weight is 306 g/mol.